The minimum absolute atomic E-state index is 0.141. The van der Waals surface area contributed by atoms with Crippen molar-refractivity contribution in [2.45, 2.75) is 26.2 Å². The maximum Gasteiger partial charge on any atom is 0.286 e. The number of hydrogen-bond donors (Lipinski definition) is 1. The molecule has 1 amide bonds. The summed E-state index contributed by atoms with van der Waals surface area (Å²) in [4.78, 5) is 19.0. The van der Waals surface area contributed by atoms with Gasteiger partial charge < -0.3 is 14.6 Å². The Morgan fingerprint density at radius 2 is 2.04 bits per heavy atom. The van der Waals surface area contributed by atoms with E-state index in [1.165, 1.54) is 28.9 Å². The van der Waals surface area contributed by atoms with Gasteiger partial charge in [-0.1, -0.05) is 29.8 Å². The number of amides is 1. The van der Waals surface area contributed by atoms with Crippen molar-refractivity contribution < 1.29 is 9.21 Å². The van der Waals surface area contributed by atoms with Crippen LogP contribution in [0.5, 0.6) is 0 Å². The molecule has 3 aromatic rings. The standard InChI is InChI=1S/C21H24N4O2S/c1-15-4-6-16(7-5-15)13-19-23-21(28-24-19)25-10-8-17(9-11-25)14-22-20(26)18-3-2-12-27-18/h2-7,12,17H,8-11,13-14H2,1H3,(H,22,26). The quantitative estimate of drug-likeness (QED) is 0.688. The van der Waals surface area contributed by atoms with E-state index in [4.69, 9.17) is 9.40 Å². The highest BCUT2D eigenvalue weighted by atomic mass is 32.1. The van der Waals surface area contributed by atoms with E-state index in [0.717, 1.165) is 43.3 Å². The Balaban J connectivity index is 1.25. The highest BCUT2D eigenvalue weighted by Crippen LogP contribution is 2.25. The summed E-state index contributed by atoms with van der Waals surface area (Å²) in [6.07, 6.45) is 4.35. The summed E-state index contributed by atoms with van der Waals surface area (Å²) < 4.78 is 9.66. The van der Waals surface area contributed by atoms with Crippen molar-refractivity contribution in [3.05, 3.63) is 65.4 Å². The maximum atomic E-state index is 12.0. The zero-order valence-corrected chi connectivity index (χ0v) is 16.7. The number of piperidine rings is 1. The third-order valence-electron chi connectivity index (χ3n) is 5.12. The van der Waals surface area contributed by atoms with Gasteiger partial charge in [0.2, 0.25) is 5.13 Å². The minimum atomic E-state index is -0.141. The van der Waals surface area contributed by atoms with E-state index in [9.17, 15) is 4.79 Å². The van der Waals surface area contributed by atoms with Crippen molar-refractivity contribution in [2.75, 3.05) is 24.5 Å². The van der Waals surface area contributed by atoms with Crippen LogP contribution >= 0.6 is 11.5 Å². The first-order valence-electron chi connectivity index (χ1n) is 9.62. The fraction of sp³-hybridized carbons (Fsp3) is 0.381. The van der Waals surface area contributed by atoms with Crippen molar-refractivity contribution in [1.82, 2.24) is 14.7 Å². The Hall–Kier alpha value is -2.67. The van der Waals surface area contributed by atoms with Gasteiger partial charge in [-0.15, -0.1) is 0 Å². The molecule has 1 saturated heterocycles. The summed E-state index contributed by atoms with van der Waals surface area (Å²) in [6.45, 7) is 4.66. The molecule has 4 rings (SSSR count). The van der Waals surface area contributed by atoms with E-state index < -0.39 is 0 Å². The van der Waals surface area contributed by atoms with Crippen LogP contribution in [0.15, 0.2) is 47.1 Å². The SMILES string of the molecule is Cc1ccc(Cc2nsc(N3CCC(CNC(=O)c4ccco4)CC3)n2)cc1. The fourth-order valence-electron chi connectivity index (χ4n) is 3.39. The van der Waals surface area contributed by atoms with Gasteiger partial charge in [0, 0.05) is 37.6 Å². The third-order valence-corrected chi connectivity index (χ3v) is 5.94. The zero-order valence-electron chi connectivity index (χ0n) is 15.9. The molecule has 2 aromatic heterocycles. The molecule has 1 aliphatic heterocycles. The topological polar surface area (TPSA) is 71.3 Å². The highest BCUT2D eigenvalue weighted by molar-refractivity contribution is 7.09. The Morgan fingerprint density at radius 3 is 2.75 bits per heavy atom. The molecular weight excluding hydrogens is 372 g/mol. The first kappa shape index (κ1) is 18.7. The number of nitrogens with one attached hydrogen (secondary N) is 1. The van der Waals surface area contributed by atoms with Crippen LogP contribution in [-0.4, -0.2) is 34.9 Å². The number of hydrogen-bond acceptors (Lipinski definition) is 6. The van der Waals surface area contributed by atoms with E-state index in [1.54, 1.807) is 12.1 Å². The number of anilines is 1. The van der Waals surface area contributed by atoms with Crippen LogP contribution in [0.2, 0.25) is 0 Å². The molecule has 0 radical (unpaired) electrons. The molecule has 28 heavy (non-hydrogen) atoms. The lowest BCUT2D eigenvalue weighted by atomic mass is 9.97. The summed E-state index contributed by atoms with van der Waals surface area (Å²) >= 11 is 1.48. The Morgan fingerprint density at radius 1 is 1.25 bits per heavy atom. The second-order valence-electron chi connectivity index (χ2n) is 7.27. The van der Waals surface area contributed by atoms with Crippen molar-refractivity contribution in [2.24, 2.45) is 5.92 Å². The van der Waals surface area contributed by atoms with Gasteiger partial charge in [-0.25, -0.2) is 4.98 Å². The number of rotatable bonds is 6. The molecule has 1 fully saturated rings. The normalized spacial score (nSPS) is 15.0. The molecule has 6 nitrogen and oxygen atoms in total. The van der Waals surface area contributed by atoms with Crippen molar-refractivity contribution in [1.29, 1.82) is 0 Å². The average Bonchev–Trinajstić information content (AvgIpc) is 3.41. The van der Waals surface area contributed by atoms with Crippen LogP contribution in [0.4, 0.5) is 5.13 Å². The number of aromatic nitrogens is 2. The average molecular weight is 397 g/mol. The monoisotopic (exact) mass is 396 g/mol. The molecular formula is C21H24N4O2S. The summed E-state index contributed by atoms with van der Waals surface area (Å²) in [5.74, 6) is 1.59. The zero-order chi connectivity index (χ0) is 19.3. The smallest absolute Gasteiger partial charge is 0.286 e. The first-order valence-corrected chi connectivity index (χ1v) is 10.4. The highest BCUT2D eigenvalue weighted by Gasteiger charge is 2.22. The van der Waals surface area contributed by atoms with Gasteiger partial charge in [0.15, 0.2) is 5.76 Å². The second-order valence-corrected chi connectivity index (χ2v) is 8.00. The minimum Gasteiger partial charge on any atom is -0.459 e. The number of carbonyl (C=O) groups excluding carboxylic acids is 1. The molecule has 0 spiro atoms. The number of carbonyl (C=O) groups is 1. The molecule has 1 N–H and O–H groups in total. The lowest BCUT2D eigenvalue weighted by molar-refractivity contribution is 0.0917. The van der Waals surface area contributed by atoms with Crippen molar-refractivity contribution in [3.63, 3.8) is 0 Å². The van der Waals surface area contributed by atoms with E-state index in [2.05, 4.69) is 45.8 Å². The van der Waals surface area contributed by atoms with Gasteiger partial charge in [-0.3, -0.25) is 4.79 Å². The number of nitrogens with zero attached hydrogens (tertiary/aromatic N) is 3. The molecule has 146 valence electrons. The Bertz CT molecular complexity index is 897. The second kappa shape index (κ2) is 8.56. The number of benzene rings is 1. The van der Waals surface area contributed by atoms with Gasteiger partial charge in [0.1, 0.15) is 5.82 Å². The molecule has 1 aliphatic rings. The molecule has 0 atom stereocenters. The van der Waals surface area contributed by atoms with Gasteiger partial charge in [-0.2, -0.15) is 4.37 Å². The van der Waals surface area contributed by atoms with Gasteiger partial charge >= 0.3 is 0 Å². The predicted octanol–water partition coefficient (Wildman–Crippen LogP) is 3.68. The van der Waals surface area contributed by atoms with Gasteiger partial charge in [0.05, 0.1) is 6.26 Å². The number of aryl methyl sites for hydroxylation is 1. The summed E-state index contributed by atoms with van der Waals surface area (Å²) in [5.41, 5.74) is 2.50. The van der Waals surface area contributed by atoms with E-state index in [1.807, 2.05) is 0 Å². The van der Waals surface area contributed by atoms with Gasteiger partial charge in [-0.05, 0) is 43.4 Å². The van der Waals surface area contributed by atoms with Crippen molar-refractivity contribution in [3.8, 4) is 0 Å². The Kier molecular flexibility index (Phi) is 5.71. The molecule has 0 bridgehead atoms. The molecule has 7 heteroatoms. The summed E-state index contributed by atoms with van der Waals surface area (Å²) in [5, 5.41) is 3.97. The molecule has 1 aromatic carbocycles. The van der Waals surface area contributed by atoms with E-state index >= 15 is 0 Å². The summed E-state index contributed by atoms with van der Waals surface area (Å²) in [6, 6.07) is 11.9. The molecule has 0 aliphatic carbocycles. The molecule has 0 saturated carbocycles. The fourth-order valence-corrected chi connectivity index (χ4v) is 4.13. The van der Waals surface area contributed by atoms with E-state index in [-0.39, 0.29) is 5.91 Å². The maximum absolute atomic E-state index is 12.0. The van der Waals surface area contributed by atoms with Crippen LogP contribution in [0.1, 0.15) is 40.3 Å². The molecule has 0 unspecified atom stereocenters. The first-order chi connectivity index (χ1) is 13.7. The van der Waals surface area contributed by atoms with Crippen molar-refractivity contribution >= 4 is 22.6 Å². The Labute approximate surface area is 168 Å². The van der Waals surface area contributed by atoms with Crippen LogP contribution in [-0.2, 0) is 6.42 Å². The number of furan rings is 1. The summed E-state index contributed by atoms with van der Waals surface area (Å²) in [7, 11) is 0. The predicted molar refractivity (Wildman–Crippen MR) is 110 cm³/mol. The van der Waals surface area contributed by atoms with Crippen LogP contribution in [0.25, 0.3) is 0 Å². The third kappa shape index (κ3) is 4.59. The lowest BCUT2D eigenvalue weighted by Gasteiger charge is -2.31. The lowest BCUT2D eigenvalue weighted by Crippen LogP contribution is -2.38. The molecule has 3 heterocycles. The van der Waals surface area contributed by atoms with Gasteiger partial charge in [0.25, 0.3) is 5.91 Å². The van der Waals surface area contributed by atoms with Crippen LogP contribution in [0, 0.1) is 12.8 Å². The largest absolute Gasteiger partial charge is 0.459 e. The van der Waals surface area contributed by atoms with E-state index in [0.29, 0.717) is 18.2 Å². The van der Waals surface area contributed by atoms with Crippen LogP contribution < -0.4 is 10.2 Å². The van der Waals surface area contributed by atoms with Crippen LogP contribution in [0.3, 0.4) is 0 Å².